The fraction of sp³-hybridized carbons (Fsp3) is 0.571. The van der Waals surface area contributed by atoms with Crippen LogP contribution in [0.2, 0.25) is 5.02 Å². The average Bonchev–Trinajstić information content (AvgIpc) is 2.65. The molecular formula is C14H20ClFN2. The van der Waals surface area contributed by atoms with E-state index in [2.05, 4.69) is 18.7 Å². The molecule has 18 heavy (non-hydrogen) atoms. The molecule has 1 atom stereocenters. The molecule has 0 amide bonds. The van der Waals surface area contributed by atoms with Crippen molar-refractivity contribution in [3.05, 3.63) is 34.6 Å². The van der Waals surface area contributed by atoms with Gasteiger partial charge in [-0.3, -0.25) is 4.90 Å². The van der Waals surface area contributed by atoms with E-state index in [-0.39, 0.29) is 17.4 Å². The summed E-state index contributed by atoms with van der Waals surface area (Å²) >= 11 is 5.97. The van der Waals surface area contributed by atoms with E-state index in [0.717, 1.165) is 19.4 Å². The van der Waals surface area contributed by atoms with E-state index < -0.39 is 0 Å². The number of nitrogens with zero attached hydrogens (tertiary/aromatic N) is 1. The highest BCUT2D eigenvalue weighted by Gasteiger charge is 2.37. The van der Waals surface area contributed by atoms with Crippen LogP contribution in [0.15, 0.2) is 18.2 Å². The molecule has 2 nitrogen and oxygen atoms in total. The highest BCUT2D eigenvalue weighted by atomic mass is 35.5. The lowest BCUT2D eigenvalue weighted by Crippen LogP contribution is -2.43. The fourth-order valence-corrected chi connectivity index (χ4v) is 3.08. The molecule has 1 aromatic rings. The molecule has 0 radical (unpaired) electrons. The molecule has 1 unspecified atom stereocenters. The maximum absolute atomic E-state index is 14.0. The van der Waals surface area contributed by atoms with E-state index in [1.165, 1.54) is 6.07 Å². The number of hydrogen-bond donors (Lipinski definition) is 1. The predicted octanol–water partition coefficient (Wildman–Crippen LogP) is 3.35. The zero-order chi connectivity index (χ0) is 13.3. The van der Waals surface area contributed by atoms with Crippen molar-refractivity contribution in [2.24, 2.45) is 5.73 Å². The summed E-state index contributed by atoms with van der Waals surface area (Å²) in [6.45, 7) is 5.73. The van der Waals surface area contributed by atoms with Gasteiger partial charge in [-0.05, 0) is 51.4 Å². The molecule has 1 saturated heterocycles. The van der Waals surface area contributed by atoms with Crippen LogP contribution in [-0.4, -0.2) is 23.5 Å². The van der Waals surface area contributed by atoms with Crippen LogP contribution in [0.1, 0.15) is 38.3 Å². The second kappa shape index (κ2) is 5.16. The minimum Gasteiger partial charge on any atom is -0.329 e. The van der Waals surface area contributed by atoms with Gasteiger partial charge in [0.1, 0.15) is 5.82 Å². The summed E-state index contributed by atoms with van der Waals surface area (Å²) in [4.78, 5) is 2.29. The van der Waals surface area contributed by atoms with Crippen LogP contribution < -0.4 is 5.73 Å². The molecule has 2 N–H and O–H groups in total. The van der Waals surface area contributed by atoms with Crippen molar-refractivity contribution in [2.45, 2.75) is 38.3 Å². The molecule has 0 bridgehead atoms. The Kier molecular flexibility index (Phi) is 3.95. The van der Waals surface area contributed by atoms with Crippen LogP contribution in [0.3, 0.4) is 0 Å². The van der Waals surface area contributed by atoms with Crippen molar-refractivity contribution in [1.29, 1.82) is 0 Å². The van der Waals surface area contributed by atoms with Crippen molar-refractivity contribution in [1.82, 2.24) is 4.90 Å². The molecule has 1 aliphatic heterocycles. The third kappa shape index (κ3) is 2.53. The number of likely N-dealkylation sites (tertiary alicyclic amines) is 1. The Morgan fingerprint density at radius 2 is 2.22 bits per heavy atom. The molecule has 1 aliphatic rings. The molecule has 0 aromatic heterocycles. The molecule has 1 heterocycles. The first-order chi connectivity index (χ1) is 8.45. The summed E-state index contributed by atoms with van der Waals surface area (Å²) in [5.41, 5.74) is 6.55. The van der Waals surface area contributed by atoms with Crippen molar-refractivity contribution in [3.8, 4) is 0 Å². The van der Waals surface area contributed by atoms with Gasteiger partial charge in [-0.25, -0.2) is 4.39 Å². The number of rotatable bonds is 3. The van der Waals surface area contributed by atoms with E-state index in [4.69, 9.17) is 17.3 Å². The summed E-state index contributed by atoms with van der Waals surface area (Å²) in [5.74, 6) is -0.224. The molecule has 0 saturated carbocycles. The molecule has 100 valence electrons. The van der Waals surface area contributed by atoms with E-state index in [9.17, 15) is 4.39 Å². The molecule has 4 heteroatoms. The summed E-state index contributed by atoms with van der Waals surface area (Å²) in [5, 5.41) is 0.557. The Labute approximate surface area is 113 Å². The lowest BCUT2D eigenvalue weighted by molar-refractivity contribution is 0.117. The van der Waals surface area contributed by atoms with Crippen molar-refractivity contribution < 1.29 is 4.39 Å². The lowest BCUT2D eigenvalue weighted by Gasteiger charge is -2.38. The highest BCUT2D eigenvalue weighted by molar-refractivity contribution is 6.30. The maximum Gasteiger partial charge on any atom is 0.128 e. The van der Waals surface area contributed by atoms with Crippen molar-refractivity contribution >= 4 is 11.6 Å². The summed E-state index contributed by atoms with van der Waals surface area (Å²) in [7, 11) is 0. The minimum absolute atomic E-state index is 0.0682. The van der Waals surface area contributed by atoms with E-state index >= 15 is 0 Å². The maximum atomic E-state index is 14.0. The van der Waals surface area contributed by atoms with Crippen LogP contribution in [0.5, 0.6) is 0 Å². The van der Waals surface area contributed by atoms with Crippen LogP contribution >= 0.6 is 11.6 Å². The smallest absolute Gasteiger partial charge is 0.128 e. The first kappa shape index (κ1) is 13.8. The zero-order valence-electron chi connectivity index (χ0n) is 10.9. The van der Waals surface area contributed by atoms with Gasteiger partial charge in [-0.15, -0.1) is 0 Å². The lowest BCUT2D eigenvalue weighted by atomic mass is 9.97. The number of benzene rings is 1. The van der Waals surface area contributed by atoms with Crippen molar-refractivity contribution in [3.63, 3.8) is 0 Å². The second-order valence-electron chi connectivity index (χ2n) is 5.53. The van der Waals surface area contributed by atoms with Crippen LogP contribution in [0, 0.1) is 5.82 Å². The fourth-order valence-electron chi connectivity index (χ4n) is 2.90. The number of nitrogens with two attached hydrogens (primary N) is 1. The normalized spacial score (nSPS) is 21.2. The van der Waals surface area contributed by atoms with E-state index in [1.807, 2.05) is 0 Å². The van der Waals surface area contributed by atoms with Gasteiger partial charge in [0.2, 0.25) is 0 Å². The first-order valence-corrected chi connectivity index (χ1v) is 6.75. The molecule has 1 aromatic carbocycles. The molecule has 0 aliphatic carbocycles. The van der Waals surface area contributed by atoms with Crippen LogP contribution in [-0.2, 0) is 0 Å². The Balaban J connectivity index is 2.36. The topological polar surface area (TPSA) is 29.3 Å². The van der Waals surface area contributed by atoms with Gasteiger partial charge in [-0.1, -0.05) is 11.6 Å². The third-order valence-electron chi connectivity index (χ3n) is 3.88. The van der Waals surface area contributed by atoms with Gasteiger partial charge in [0.05, 0.1) is 6.04 Å². The number of hydrogen-bond acceptors (Lipinski definition) is 2. The van der Waals surface area contributed by atoms with E-state index in [1.54, 1.807) is 12.1 Å². The van der Waals surface area contributed by atoms with E-state index in [0.29, 0.717) is 17.1 Å². The summed E-state index contributed by atoms with van der Waals surface area (Å²) < 4.78 is 14.0. The Hall–Kier alpha value is -0.640. The van der Waals surface area contributed by atoms with Gasteiger partial charge in [0, 0.05) is 22.7 Å². The predicted molar refractivity (Wildman–Crippen MR) is 73.2 cm³/mol. The minimum atomic E-state index is -0.224. The highest BCUT2D eigenvalue weighted by Crippen LogP contribution is 2.37. The molecule has 1 fully saturated rings. The SMILES string of the molecule is CC1(C)CCCN1C(CN)c1cc(Cl)ccc1F. The quantitative estimate of drug-likeness (QED) is 0.913. The largest absolute Gasteiger partial charge is 0.329 e. The van der Waals surface area contributed by atoms with Gasteiger partial charge < -0.3 is 5.73 Å². The monoisotopic (exact) mass is 270 g/mol. The first-order valence-electron chi connectivity index (χ1n) is 6.37. The van der Waals surface area contributed by atoms with Gasteiger partial charge in [0.25, 0.3) is 0 Å². The summed E-state index contributed by atoms with van der Waals surface area (Å²) in [6.07, 6.45) is 2.25. The third-order valence-corrected chi connectivity index (χ3v) is 4.12. The number of halogens is 2. The molecule has 0 spiro atoms. The Morgan fingerprint density at radius 1 is 1.50 bits per heavy atom. The molecular weight excluding hydrogens is 251 g/mol. The van der Waals surface area contributed by atoms with Gasteiger partial charge in [-0.2, -0.15) is 0 Å². The average molecular weight is 271 g/mol. The zero-order valence-corrected chi connectivity index (χ0v) is 11.7. The molecule has 2 rings (SSSR count). The van der Waals surface area contributed by atoms with Gasteiger partial charge in [0.15, 0.2) is 0 Å². The van der Waals surface area contributed by atoms with Crippen molar-refractivity contribution in [2.75, 3.05) is 13.1 Å². The Morgan fingerprint density at radius 3 is 2.78 bits per heavy atom. The van der Waals surface area contributed by atoms with Crippen LogP contribution in [0.4, 0.5) is 4.39 Å². The van der Waals surface area contributed by atoms with Gasteiger partial charge >= 0.3 is 0 Å². The van der Waals surface area contributed by atoms with Crippen LogP contribution in [0.25, 0.3) is 0 Å². The standard InChI is InChI=1S/C14H20ClFN2/c1-14(2)6-3-7-18(14)13(9-17)11-8-10(15)4-5-12(11)16/h4-5,8,13H,3,6-7,9,17H2,1-2H3. The second-order valence-corrected chi connectivity index (χ2v) is 5.96. The Bertz CT molecular complexity index is 434. The summed E-state index contributed by atoms with van der Waals surface area (Å²) in [6, 6.07) is 4.59.